The van der Waals surface area contributed by atoms with E-state index in [1.807, 2.05) is 30.4 Å². The van der Waals surface area contributed by atoms with Gasteiger partial charge in [0.2, 0.25) is 0 Å². The van der Waals surface area contributed by atoms with Crippen LogP contribution in [0.5, 0.6) is 0 Å². The molecule has 0 aliphatic rings. The van der Waals surface area contributed by atoms with Gasteiger partial charge in [-0.15, -0.1) is 0 Å². The fourth-order valence-corrected chi connectivity index (χ4v) is 11.8. The molecule has 0 spiro atoms. The molecule has 0 heterocycles. The molecule has 0 saturated carbocycles. The topological polar surface area (TPSA) is 237 Å². The van der Waals surface area contributed by atoms with Gasteiger partial charge in [0, 0.05) is 25.7 Å². The Morgan fingerprint density at radius 3 is 0.772 bits per heavy atom. The minimum atomic E-state index is -5.03. The zero-order valence-electron chi connectivity index (χ0n) is 70.1. The van der Waals surface area contributed by atoms with Crippen molar-refractivity contribution in [2.75, 3.05) is 39.6 Å². The van der Waals surface area contributed by atoms with E-state index in [0.29, 0.717) is 38.5 Å². The highest BCUT2D eigenvalue weighted by atomic mass is 31.2. The lowest BCUT2D eigenvalue weighted by atomic mass is 10.1. The minimum absolute atomic E-state index is 0.0309. The molecule has 19 heteroatoms. The molecule has 0 radical (unpaired) electrons. The number of ether oxygens (including phenoxy) is 4. The van der Waals surface area contributed by atoms with E-state index in [-0.39, 0.29) is 25.7 Å². The summed E-state index contributed by atoms with van der Waals surface area (Å²) in [5.74, 6) is -2.44. The molecular weight excluding hydrogens is 1470 g/mol. The van der Waals surface area contributed by atoms with Crippen molar-refractivity contribution in [3.05, 3.63) is 231 Å². The van der Waals surface area contributed by atoms with E-state index >= 15 is 0 Å². The highest BCUT2D eigenvalue weighted by molar-refractivity contribution is 7.47. The molecule has 0 rings (SSSR count). The first kappa shape index (κ1) is 107. The molecule has 0 fully saturated rings. The van der Waals surface area contributed by atoms with Crippen molar-refractivity contribution in [1.29, 1.82) is 0 Å². The quantitative estimate of drug-likeness (QED) is 0.0169. The van der Waals surface area contributed by atoms with Crippen molar-refractivity contribution in [2.24, 2.45) is 0 Å². The van der Waals surface area contributed by atoms with Crippen LogP contribution in [0.2, 0.25) is 0 Å². The first-order valence-corrected chi connectivity index (χ1v) is 45.6. The van der Waals surface area contributed by atoms with E-state index in [0.717, 1.165) is 154 Å². The molecule has 114 heavy (non-hydrogen) atoms. The zero-order valence-corrected chi connectivity index (χ0v) is 71.9. The SMILES string of the molecule is CC/C=C\C/C=C\C/C=C\C/C=C\C/C=C\CCCCCC(=O)OC[C@H](COP(=O)(O)OC[C@@H](O)COP(=O)(O)OC[C@@H](COC(=O)CCC/C=C\C/C=C\C/C=C\C/C=C\CCCCC)OC(=O)CCCCC/C=C\C/C=C\C/C=C\C/C=C\C/C=C\CC)OC(=O)CC/C=C\C/C=C\C/C=C\C/C=C\C/C=C\CCCCC. The maximum absolute atomic E-state index is 13.1. The summed E-state index contributed by atoms with van der Waals surface area (Å²) in [5.41, 5.74) is 0. The van der Waals surface area contributed by atoms with Crippen LogP contribution in [0.15, 0.2) is 231 Å². The first-order chi connectivity index (χ1) is 55.7. The molecule has 0 bridgehead atoms. The standard InChI is InChI=1S/C95H148O17P2/c1-5-9-13-17-21-25-29-33-37-41-44-48-52-56-60-64-68-72-76-80-93(98)106-86-91(112-95(100)82-78-74-70-66-62-58-54-50-46-43-39-35-31-27-23-19-15-11-7-3)88-110-114(103,104)108-84-89(96)83-107-113(101,102)109-87-90(85-105-92(97)79-75-71-67-63-59-55-51-47-40-36-32-28-24-20-16-12-8-4)111-94(99)81-77-73-69-65-61-57-53-49-45-42-38-34-30-26-22-18-14-10-6-2/h9-10,13-14,21-28,33-40,44-46,48-51,55-58,60-63,67,70,74,89-91,96H,5-8,11-12,15-20,29-32,41-43,47,52-54,59,64-66,68-69,71-73,75-88H2,1-4H3,(H,101,102)(H,103,104)/b13-9-,14-10-,25-21-,26-22-,27-23-,28-24-,37-33-,38-34-,39-35-,40-36-,48-44-,49-45-,50-46-,55-51-,60-56-,61-57-,62-58-,67-63-,74-70-/t89-,90+,91+/m0/s1. The fourth-order valence-electron chi connectivity index (χ4n) is 10.2. The minimum Gasteiger partial charge on any atom is -0.462 e. The van der Waals surface area contributed by atoms with Gasteiger partial charge in [-0.3, -0.25) is 37.3 Å². The van der Waals surface area contributed by atoms with Gasteiger partial charge in [0.15, 0.2) is 12.2 Å². The third kappa shape index (κ3) is 83.1. The van der Waals surface area contributed by atoms with Crippen LogP contribution >= 0.6 is 15.6 Å². The lowest BCUT2D eigenvalue weighted by molar-refractivity contribution is -0.161. The predicted molar refractivity (Wildman–Crippen MR) is 472 cm³/mol. The molecule has 640 valence electrons. The molecule has 3 N–H and O–H groups in total. The second-order valence-electron chi connectivity index (χ2n) is 27.3. The van der Waals surface area contributed by atoms with Gasteiger partial charge < -0.3 is 33.8 Å². The molecule has 17 nitrogen and oxygen atoms in total. The summed E-state index contributed by atoms with van der Waals surface area (Å²) in [6, 6.07) is 0. The van der Waals surface area contributed by atoms with E-state index in [2.05, 4.69) is 228 Å². The van der Waals surface area contributed by atoms with Gasteiger partial charge in [-0.1, -0.05) is 297 Å². The molecule has 0 aromatic carbocycles. The number of carbonyl (C=O) groups excluding carboxylic acids is 4. The van der Waals surface area contributed by atoms with Crippen LogP contribution in [0, 0.1) is 0 Å². The Morgan fingerprint density at radius 2 is 0.482 bits per heavy atom. The predicted octanol–water partition coefficient (Wildman–Crippen LogP) is 25.8. The molecule has 0 aromatic rings. The smallest absolute Gasteiger partial charge is 0.462 e. The number of unbranched alkanes of at least 4 members (excludes halogenated alkanes) is 13. The van der Waals surface area contributed by atoms with E-state index in [1.54, 1.807) is 0 Å². The number of phosphoric ester groups is 2. The molecule has 2 unspecified atom stereocenters. The number of aliphatic hydroxyl groups is 1. The van der Waals surface area contributed by atoms with Crippen molar-refractivity contribution in [1.82, 2.24) is 0 Å². The van der Waals surface area contributed by atoms with Crippen LogP contribution < -0.4 is 0 Å². The Labute approximate surface area is 689 Å². The average molecular weight is 1620 g/mol. The summed E-state index contributed by atoms with van der Waals surface area (Å²) in [7, 11) is -10.1. The molecule has 0 amide bonds. The Bertz CT molecular complexity index is 3070. The van der Waals surface area contributed by atoms with E-state index in [1.165, 1.54) is 38.5 Å². The number of carbonyl (C=O) groups is 4. The first-order valence-electron chi connectivity index (χ1n) is 42.6. The summed E-state index contributed by atoms with van der Waals surface area (Å²) >= 11 is 0. The normalized spacial score (nSPS) is 14.9. The Kier molecular flexibility index (Phi) is 79.0. The van der Waals surface area contributed by atoms with Gasteiger partial charge in [0.05, 0.1) is 26.4 Å². The summed E-state index contributed by atoms with van der Waals surface area (Å²) in [5, 5.41) is 10.7. The number of rotatable bonds is 77. The van der Waals surface area contributed by atoms with Gasteiger partial charge in [-0.25, -0.2) is 9.13 Å². The molecule has 0 saturated heterocycles. The van der Waals surface area contributed by atoms with Gasteiger partial charge in [-0.2, -0.15) is 0 Å². The third-order valence-corrected chi connectivity index (χ3v) is 18.5. The number of phosphoric acid groups is 2. The number of hydrogen-bond acceptors (Lipinski definition) is 15. The second kappa shape index (κ2) is 84.0. The maximum Gasteiger partial charge on any atom is 0.472 e. The van der Waals surface area contributed by atoms with Crippen LogP contribution in [0.25, 0.3) is 0 Å². The summed E-state index contributed by atoms with van der Waals surface area (Å²) in [4.78, 5) is 73.2. The third-order valence-electron chi connectivity index (χ3n) is 16.6. The summed E-state index contributed by atoms with van der Waals surface area (Å²) < 4.78 is 68.6. The van der Waals surface area contributed by atoms with E-state index < -0.39 is 97.5 Å². The number of aliphatic hydroxyl groups excluding tert-OH is 1. The van der Waals surface area contributed by atoms with Crippen LogP contribution in [0.1, 0.15) is 285 Å². The van der Waals surface area contributed by atoms with Crippen LogP contribution in [-0.2, 0) is 65.4 Å². The van der Waals surface area contributed by atoms with Crippen molar-refractivity contribution in [2.45, 2.75) is 303 Å². The van der Waals surface area contributed by atoms with E-state index in [4.69, 9.17) is 37.0 Å². The van der Waals surface area contributed by atoms with Gasteiger partial charge in [0.1, 0.15) is 19.3 Å². The van der Waals surface area contributed by atoms with Crippen molar-refractivity contribution in [3.63, 3.8) is 0 Å². The largest absolute Gasteiger partial charge is 0.472 e. The number of allylic oxidation sites excluding steroid dienone is 38. The van der Waals surface area contributed by atoms with Crippen molar-refractivity contribution < 1.29 is 80.2 Å². The average Bonchev–Trinajstić information content (AvgIpc) is 0.899. The Hall–Kier alpha value is -6.88. The monoisotopic (exact) mass is 1620 g/mol. The van der Waals surface area contributed by atoms with E-state index in [9.17, 15) is 43.2 Å². The van der Waals surface area contributed by atoms with Crippen molar-refractivity contribution >= 4 is 39.5 Å². The molecule has 0 aliphatic heterocycles. The van der Waals surface area contributed by atoms with Crippen LogP contribution in [0.4, 0.5) is 0 Å². The van der Waals surface area contributed by atoms with Gasteiger partial charge >= 0.3 is 39.5 Å². The Balaban J connectivity index is 5.61. The summed E-state index contributed by atoms with van der Waals surface area (Å²) in [6.45, 7) is 4.34. The van der Waals surface area contributed by atoms with Gasteiger partial charge in [0.25, 0.3) is 0 Å². The highest BCUT2D eigenvalue weighted by Crippen LogP contribution is 2.45. The molecule has 0 aliphatic carbocycles. The number of esters is 4. The lowest BCUT2D eigenvalue weighted by Crippen LogP contribution is -2.30. The van der Waals surface area contributed by atoms with Gasteiger partial charge in [-0.05, 0) is 193 Å². The number of hydrogen-bond donors (Lipinski definition) is 3. The molecule has 5 atom stereocenters. The second-order valence-corrected chi connectivity index (χ2v) is 30.2. The summed E-state index contributed by atoms with van der Waals surface area (Å²) in [6.07, 6.45) is 109. The molecular formula is C95H148O17P2. The van der Waals surface area contributed by atoms with Crippen LogP contribution in [-0.4, -0.2) is 96.7 Å². The highest BCUT2D eigenvalue weighted by Gasteiger charge is 2.30. The molecule has 0 aromatic heterocycles. The van der Waals surface area contributed by atoms with Crippen LogP contribution in [0.3, 0.4) is 0 Å². The zero-order chi connectivity index (χ0) is 83.1. The fraction of sp³-hybridized carbons (Fsp3) is 0.558. The lowest BCUT2D eigenvalue weighted by Gasteiger charge is -2.21. The van der Waals surface area contributed by atoms with Crippen molar-refractivity contribution in [3.8, 4) is 0 Å². The Morgan fingerprint density at radius 1 is 0.254 bits per heavy atom. The maximum atomic E-state index is 13.1.